The first kappa shape index (κ1) is 19.9. The lowest BCUT2D eigenvalue weighted by Crippen LogP contribution is -2.33. The zero-order valence-corrected chi connectivity index (χ0v) is 16.3. The molecule has 0 aromatic heterocycles. The van der Waals surface area contributed by atoms with Crippen molar-refractivity contribution in [2.45, 2.75) is 33.2 Å². The van der Waals surface area contributed by atoms with E-state index in [1.54, 1.807) is 25.1 Å². The lowest BCUT2D eigenvalue weighted by Gasteiger charge is -2.23. The van der Waals surface area contributed by atoms with E-state index in [1.807, 2.05) is 24.3 Å². The van der Waals surface area contributed by atoms with Gasteiger partial charge in [-0.15, -0.1) is 0 Å². The maximum Gasteiger partial charge on any atom is 0.338 e. The highest BCUT2D eigenvalue weighted by Gasteiger charge is 2.15. The van der Waals surface area contributed by atoms with E-state index >= 15 is 0 Å². The van der Waals surface area contributed by atoms with Crippen LogP contribution in [0, 0.1) is 5.92 Å². The number of hydrogen-bond donors (Lipinski definition) is 2. The minimum atomic E-state index is -0.336. The number of benzene rings is 2. The Morgan fingerprint density at radius 2 is 1.85 bits per heavy atom. The van der Waals surface area contributed by atoms with Crippen LogP contribution in [0.4, 0.5) is 5.69 Å². The van der Waals surface area contributed by atoms with Crippen LogP contribution in [0.2, 0.25) is 0 Å². The summed E-state index contributed by atoms with van der Waals surface area (Å²) in [5.74, 6) is 0.194. The molecule has 0 amide bonds. The summed E-state index contributed by atoms with van der Waals surface area (Å²) in [6, 6.07) is 17.5. The van der Waals surface area contributed by atoms with Crippen molar-refractivity contribution in [1.29, 1.82) is 0 Å². The van der Waals surface area contributed by atoms with Gasteiger partial charge in [0, 0.05) is 5.69 Å². The van der Waals surface area contributed by atoms with Gasteiger partial charge in [0.05, 0.1) is 18.2 Å². The minimum Gasteiger partial charge on any atom is -0.462 e. The topological polar surface area (TPSA) is 50.4 Å². The molecule has 0 aliphatic rings. The number of thiocarbonyl (C=S) groups is 1. The second kappa shape index (κ2) is 9.92. The van der Waals surface area contributed by atoms with Crippen molar-refractivity contribution in [2.75, 3.05) is 11.9 Å². The Kier molecular flexibility index (Phi) is 7.60. The molecule has 2 N–H and O–H groups in total. The van der Waals surface area contributed by atoms with Gasteiger partial charge in [-0.25, -0.2) is 4.79 Å². The highest BCUT2D eigenvalue weighted by molar-refractivity contribution is 7.80. The molecular weight excluding hydrogens is 344 g/mol. The molecule has 0 fully saturated rings. The van der Waals surface area contributed by atoms with Crippen molar-refractivity contribution >= 4 is 29.0 Å². The average Bonchev–Trinajstić information content (AvgIpc) is 2.62. The molecule has 1 atom stereocenters. The molecule has 2 rings (SSSR count). The van der Waals surface area contributed by atoms with Crippen molar-refractivity contribution in [3.8, 4) is 0 Å². The van der Waals surface area contributed by atoms with Crippen LogP contribution in [0.3, 0.4) is 0 Å². The minimum absolute atomic E-state index is 0.129. The van der Waals surface area contributed by atoms with Crippen molar-refractivity contribution in [1.82, 2.24) is 5.32 Å². The van der Waals surface area contributed by atoms with E-state index in [0.29, 0.717) is 23.2 Å². The highest BCUT2D eigenvalue weighted by Crippen LogP contribution is 2.21. The number of hydrogen-bond acceptors (Lipinski definition) is 3. The van der Waals surface area contributed by atoms with E-state index < -0.39 is 0 Å². The fraction of sp³-hybridized carbons (Fsp3) is 0.333. The van der Waals surface area contributed by atoms with E-state index in [-0.39, 0.29) is 12.0 Å². The number of carbonyl (C=O) groups is 1. The normalized spacial score (nSPS) is 11.7. The van der Waals surface area contributed by atoms with Gasteiger partial charge in [-0.05, 0) is 55.2 Å². The van der Waals surface area contributed by atoms with Crippen LogP contribution in [0.25, 0.3) is 0 Å². The second-order valence-corrected chi connectivity index (χ2v) is 6.90. The lowest BCUT2D eigenvalue weighted by atomic mass is 9.97. The molecule has 0 saturated carbocycles. The number of nitrogens with one attached hydrogen (secondary N) is 2. The molecule has 4 nitrogen and oxygen atoms in total. The van der Waals surface area contributed by atoms with E-state index in [9.17, 15) is 4.79 Å². The molecule has 0 heterocycles. The first-order valence-electron chi connectivity index (χ1n) is 8.89. The molecule has 0 aliphatic carbocycles. The highest BCUT2D eigenvalue weighted by atomic mass is 32.1. The van der Waals surface area contributed by atoms with Crippen molar-refractivity contribution in [3.05, 3.63) is 65.7 Å². The van der Waals surface area contributed by atoms with Crippen LogP contribution < -0.4 is 10.6 Å². The maximum absolute atomic E-state index is 11.9. The predicted molar refractivity (Wildman–Crippen MR) is 110 cm³/mol. The molecule has 0 unspecified atom stereocenters. The van der Waals surface area contributed by atoms with Crippen LogP contribution in [-0.2, 0) is 4.74 Å². The summed E-state index contributed by atoms with van der Waals surface area (Å²) in [5, 5.41) is 7.08. The third-order valence-corrected chi connectivity index (χ3v) is 4.07. The average molecular weight is 371 g/mol. The van der Waals surface area contributed by atoms with Crippen LogP contribution in [-0.4, -0.2) is 17.7 Å². The van der Waals surface area contributed by atoms with Crippen molar-refractivity contribution in [2.24, 2.45) is 5.92 Å². The zero-order valence-electron chi connectivity index (χ0n) is 15.5. The molecule has 0 spiro atoms. The Labute approximate surface area is 161 Å². The van der Waals surface area contributed by atoms with Gasteiger partial charge < -0.3 is 15.4 Å². The Balaban J connectivity index is 2.06. The smallest absolute Gasteiger partial charge is 0.338 e. The van der Waals surface area contributed by atoms with Crippen LogP contribution >= 0.6 is 12.2 Å². The maximum atomic E-state index is 11.9. The number of carbonyl (C=O) groups excluding carboxylic acids is 1. The first-order valence-corrected chi connectivity index (χ1v) is 9.30. The molecule has 0 bridgehead atoms. The summed E-state index contributed by atoms with van der Waals surface area (Å²) in [6.07, 6.45) is 0.967. The van der Waals surface area contributed by atoms with Crippen LogP contribution in [0.1, 0.15) is 49.2 Å². The summed E-state index contributed by atoms with van der Waals surface area (Å²) in [7, 11) is 0. The molecule has 0 radical (unpaired) electrons. The second-order valence-electron chi connectivity index (χ2n) is 6.49. The van der Waals surface area contributed by atoms with Crippen molar-refractivity contribution < 1.29 is 9.53 Å². The Morgan fingerprint density at radius 1 is 1.12 bits per heavy atom. The summed E-state index contributed by atoms with van der Waals surface area (Å²) >= 11 is 5.49. The summed E-state index contributed by atoms with van der Waals surface area (Å²) in [4.78, 5) is 11.9. The van der Waals surface area contributed by atoms with E-state index in [4.69, 9.17) is 17.0 Å². The molecule has 2 aromatic rings. The summed E-state index contributed by atoms with van der Waals surface area (Å²) in [5.41, 5.74) is 2.46. The molecule has 0 saturated heterocycles. The Hall–Kier alpha value is -2.40. The monoisotopic (exact) mass is 370 g/mol. The van der Waals surface area contributed by atoms with Gasteiger partial charge in [0.1, 0.15) is 0 Å². The molecule has 0 aliphatic heterocycles. The predicted octanol–water partition coefficient (Wildman–Crippen LogP) is 4.94. The van der Waals surface area contributed by atoms with Gasteiger partial charge in [-0.3, -0.25) is 0 Å². The summed E-state index contributed by atoms with van der Waals surface area (Å²) < 4.78 is 5.04. The van der Waals surface area contributed by atoms with Gasteiger partial charge in [0.2, 0.25) is 0 Å². The van der Waals surface area contributed by atoms with Gasteiger partial charge in [-0.1, -0.05) is 50.2 Å². The van der Waals surface area contributed by atoms with Gasteiger partial charge in [-0.2, -0.15) is 0 Å². The van der Waals surface area contributed by atoms with Gasteiger partial charge >= 0.3 is 5.97 Å². The number of ether oxygens (including phenoxy) is 1. The number of esters is 1. The van der Waals surface area contributed by atoms with Gasteiger partial charge in [0.15, 0.2) is 5.11 Å². The van der Waals surface area contributed by atoms with Gasteiger partial charge in [0.25, 0.3) is 0 Å². The molecule has 138 valence electrons. The largest absolute Gasteiger partial charge is 0.462 e. The third kappa shape index (κ3) is 6.15. The van der Waals surface area contributed by atoms with E-state index in [1.165, 1.54) is 5.56 Å². The molecule has 2 aromatic carbocycles. The summed E-state index contributed by atoms with van der Waals surface area (Å²) in [6.45, 7) is 6.52. The fourth-order valence-corrected chi connectivity index (χ4v) is 2.96. The molecule has 5 heteroatoms. The molecular formula is C21H26N2O2S. The van der Waals surface area contributed by atoms with E-state index in [2.05, 4.69) is 36.6 Å². The third-order valence-electron chi connectivity index (χ3n) is 3.85. The number of anilines is 1. The SMILES string of the molecule is CCOC(=O)c1cccc(NC(=S)N[C@H](CC(C)C)c2ccccc2)c1. The number of rotatable bonds is 7. The zero-order chi connectivity index (χ0) is 18.9. The fourth-order valence-electron chi connectivity index (χ4n) is 2.70. The Morgan fingerprint density at radius 3 is 2.50 bits per heavy atom. The lowest BCUT2D eigenvalue weighted by molar-refractivity contribution is 0.0526. The van der Waals surface area contributed by atoms with Crippen LogP contribution in [0.5, 0.6) is 0 Å². The standard InChI is InChI=1S/C21H26N2O2S/c1-4-25-20(24)17-11-8-12-18(14-17)22-21(26)23-19(13-15(2)3)16-9-6-5-7-10-16/h5-12,14-15,19H,4,13H2,1-3H3,(H2,22,23,26)/t19-/m1/s1. The molecule has 26 heavy (non-hydrogen) atoms. The van der Waals surface area contributed by atoms with E-state index in [0.717, 1.165) is 12.1 Å². The van der Waals surface area contributed by atoms with Crippen molar-refractivity contribution in [3.63, 3.8) is 0 Å². The quantitative estimate of drug-likeness (QED) is 0.534. The first-order chi connectivity index (χ1) is 12.5. The van der Waals surface area contributed by atoms with Crippen LogP contribution in [0.15, 0.2) is 54.6 Å². The Bertz CT molecular complexity index is 732.